The molecule has 0 heterocycles. The van der Waals surface area contributed by atoms with E-state index < -0.39 is 0 Å². The summed E-state index contributed by atoms with van der Waals surface area (Å²) < 4.78 is 5.29. The van der Waals surface area contributed by atoms with Crippen LogP contribution in [0.4, 0.5) is 0 Å². The minimum Gasteiger partial charge on any atom is -0.383 e. The molecule has 1 saturated carbocycles. The van der Waals surface area contributed by atoms with Crippen LogP contribution in [0.5, 0.6) is 0 Å². The molecule has 2 heteroatoms. The van der Waals surface area contributed by atoms with Gasteiger partial charge in [0.25, 0.3) is 0 Å². The van der Waals surface area contributed by atoms with E-state index in [0.29, 0.717) is 17.5 Å². The molecule has 2 nitrogen and oxygen atoms in total. The Morgan fingerprint density at radius 1 is 1.38 bits per heavy atom. The number of nitrogens with one attached hydrogen (secondary N) is 1. The lowest BCUT2D eigenvalue weighted by Gasteiger charge is -2.25. The number of hydrogen-bond donors (Lipinski definition) is 1. The molecular formula is C14H29NO. The summed E-state index contributed by atoms with van der Waals surface area (Å²) in [7, 11) is 1.80. The lowest BCUT2D eigenvalue weighted by Crippen LogP contribution is -2.42. The fraction of sp³-hybridized carbons (Fsp3) is 1.00. The van der Waals surface area contributed by atoms with E-state index in [9.17, 15) is 0 Å². The summed E-state index contributed by atoms with van der Waals surface area (Å²) in [4.78, 5) is 0. The van der Waals surface area contributed by atoms with Gasteiger partial charge in [0.1, 0.15) is 0 Å². The van der Waals surface area contributed by atoms with E-state index in [-0.39, 0.29) is 0 Å². The van der Waals surface area contributed by atoms with Crippen LogP contribution < -0.4 is 5.32 Å². The molecule has 0 aromatic carbocycles. The highest BCUT2D eigenvalue weighted by Gasteiger charge is 2.37. The van der Waals surface area contributed by atoms with Crippen LogP contribution in [0.3, 0.4) is 0 Å². The minimum absolute atomic E-state index is 0.515. The molecule has 1 rings (SSSR count). The molecule has 0 saturated heterocycles. The van der Waals surface area contributed by atoms with Gasteiger partial charge < -0.3 is 10.1 Å². The van der Waals surface area contributed by atoms with E-state index in [2.05, 4.69) is 33.0 Å². The predicted molar refractivity (Wildman–Crippen MR) is 69.7 cm³/mol. The molecule has 3 atom stereocenters. The highest BCUT2D eigenvalue weighted by Crippen LogP contribution is 2.41. The number of methoxy groups -OCH3 is 1. The van der Waals surface area contributed by atoms with Crippen molar-refractivity contribution in [2.45, 2.75) is 65.5 Å². The lowest BCUT2D eigenvalue weighted by atomic mass is 9.91. The molecule has 0 aromatic heterocycles. The van der Waals surface area contributed by atoms with Crippen LogP contribution >= 0.6 is 0 Å². The summed E-state index contributed by atoms with van der Waals surface area (Å²) in [5.74, 6) is 0.797. The summed E-state index contributed by atoms with van der Waals surface area (Å²) in [5, 5.41) is 3.80. The zero-order valence-corrected chi connectivity index (χ0v) is 11.7. The molecule has 1 aliphatic carbocycles. The molecule has 0 bridgehead atoms. The monoisotopic (exact) mass is 227 g/mol. The first kappa shape index (κ1) is 14.0. The maximum atomic E-state index is 5.29. The quantitative estimate of drug-likeness (QED) is 0.752. The first-order valence-corrected chi connectivity index (χ1v) is 6.73. The van der Waals surface area contributed by atoms with Gasteiger partial charge in [-0.2, -0.15) is 0 Å². The van der Waals surface area contributed by atoms with Crippen LogP contribution in [-0.2, 0) is 4.74 Å². The Labute approximate surface area is 101 Å². The molecule has 1 fully saturated rings. The summed E-state index contributed by atoms with van der Waals surface area (Å²) in [5.41, 5.74) is 0.515. The maximum absolute atomic E-state index is 5.29. The minimum atomic E-state index is 0.515. The van der Waals surface area contributed by atoms with Crippen LogP contribution in [0.2, 0.25) is 0 Å². The zero-order chi connectivity index (χ0) is 12.2. The second-order valence-corrected chi connectivity index (χ2v) is 6.26. The molecule has 3 unspecified atom stereocenters. The summed E-state index contributed by atoms with van der Waals surface area (Å²) in [6, 6.07) is 1.22. The summed E-state index contributed by atoms with van der Waals surface area (Å²) >= 11 is 0. The second-order valence-electron chi connectivity index (χ2n) is 6.26. The zero-order valence-electron chi connectivity index (χ0n) is 11.7. The molecule has 0 aliphatic heterocycles. The van der Waals surface area contributed by atoms with Gasteiger partial charge in [0, 0.05) is 19.2 Å². The van der Waals surface area contributed by atoms with Crippen LogP contribution in [0.25, 0.3) is 0 Å². The SMILES string of the molecule is CCCC(COC)NC1CC(C)(C)CC1C. The Bertz CT molecular complexity index is 197. The molecule has 0 amide bonds. The van der Waals surface area contributed by atoms with Crippen molar-refractivity contribution in [1.82, 2.24) is 5.32 Å². The van der Waals surface area contributed by atoms with E-state index in [1.54, 1.807) is 7.11 Å². The molecule has 16 heavy (non-hydrogen) atoms. The summed E-state index contributed by atoms with van der Waals surface area (Å²) in [6.45, 7) is 10.2. The van der Waals surface area contributed by atoms with Gasteiger partial charge in [-0.1, -0.05) is 34.1 Å². The highest BCUT2D eigenvalue weighted by molar-refractivity contribution is 4.92. The third-order valence-corrected chi connectivity index (χ3v) is 3.79. The Balaban J connectivity index is 2.45. The Kier molecular flexibility index (Phi) is 5.26. The van der Waals surface area contributed by atoms with Crippen molar-refractivity contribution in [3.63, 3.8) is 0 Å². The first-order chi connectivity index (χ1) is 7.48. The predicted octanol–water partition coefficient (Wildman–Crippen LogP) is 3.22. The largest absolute Gasteiger partial charge is 0.383 e. The van der Waals surface area contributed by atoms with Crippen molar-refractivity contribution in [2.75, 3.05) is 13.7 Å². The van der Waals surface area contributed by atoms with Gasteiger partial charge in [0.15, 0.2) is 0 Å². The van der Waals surface area contributed by atoms with E-state index in [1.807, 2.05) is 0 Å². The normalized spacial score (nSPS) is 30.6. The van der Waals surface area contributed by atoms with Gasteiger partial charge in [-0.25, -0.2) is 0 Å². The second kappa shape index (κ2) is 6.02. The van der Waals surface area contributed by atoms with E-state index in [4.69, 9.17) is 4.74 Å². The fourth-order valence-electron chi connectivity index (χ4n) is 3.18. The molecule has 0 spiro atoms. The highest BCUT2D eigenvalue weighted by atomic mass is 16.5. The Hall–Kier alpha value is -0.0800. The molecule has 96 valence electrons. The first-order valence-electron chi connectivity index (χ1n) is 6.73. The number of hydrogen-bond acceptors (Lipinski definition) is 2. The van der Waals surface area contributed by atoms with Gasteiger partial charge in [0.2, 0.25) is 0 Å². The van der Waals surface area contributed by atoms with E-state index >= 15 is 0 Å². The fourth-order valence-corrected chi connectivity index (χ4v) is 3.18. The Morgan fingerprint density at radius 3 is 2.50 bits per heavy atom. The van der Waals surface area contributed by atoms with E-state index in [0.717, 1.165) is 12.5 Å². The van der Waals surface area contributed by atoms with Gasteiger partial charge in [-0.15, -0.1) is 0 Å². The average molecular weight is 227 g/mol. The number of rotatable bonds is 6. The topological polar surface area (TPSA) is 21.3 Å². The third kappa shape index (κ3) is 4.06. The smallest absolute Gasteiger partial charge is 0.0615 e. The lowest BCUT2D eigenvalue weighted by molar-refractivity contribution is 0.152. The van der Waals surface area contributed by atoms with E-state index in [1.165, 1.54) is 25.7 Å². The molecule has 0 radical (unpaired) electrons. The molecule has 0 aromatic rings. The van der Waals surface area contributed by atoms with Gasteiger partial charge in [-0.05, 0) is 30.6 Å². The standard InChI is InChI=1S/C14H29NO/c1-6-7-12(10-16-5)15-13-9-14(3,4)8-11(13)2/h11-13,15H,6-10H2,1-5H3. The van der Waals surface area contributed by atoms with Gasteiger partial charge in [-0.3, -0.25) is 0 Å². The van der Waals surface area contributed by atoms with Crippen LogP contribution in [-0.4, -0.2) is 25.8 Å². The number of ether oxygens (including phenoxy) is 1. The van der Waals surface area contributed by atoms with Crippen LogP contribution in [0.15, 0.2) is 0 Å². The molecule has 1 N–H and O–H groups in total. The third-order valence-electron chi connectivity index (χ3n) is 3.79. The van der Waals surface area contributed by atoms with Crippen molar-refractivity contribution in [3.05, 3.63) is 0 Å². The molecular weight excluding hydrogens is 198 g/mol. The average Bonchev–Trinajstić information content (AvgIpc) is 2.40. The van der Waals surface area contributed by atoms with Crippen LogP contribution in [0.1, 0.15) is 53.4 Å². The van der Waals surface area contributed by atoms with Crippen molar-refractivity contribution >= 4 is 0 Å². The van der Waals surface area contributed by atoms with Crippen LogP contribution in [0, 0.1) is 11.3 Å². The van der Waals surface area contributed by atoms with Crippen molar-refractivity contribution in [2.24, 2.45) is 11.3 Å². The molecule has 1 aliphatic rings. The van der Waals surface area contributed by atoms with Crippen molar-refractivity contribution in [1.29, 1.82) is 0 Å². The summed E-state index contributed by atoms with van der Waals surface area (Å²) in [6.07, 6.45) is 5.09. The van der Waals surface area contributed by atoms with Gasteiger partial charge in [0.05, 0.1) is 6.61 Å². The van der Waals surface area contributed by atoms with Crippen molar-refractivity contribution < 1.29 is 4.74 Å². The Morgan fingerprint density at radius 2 is 2.06 bits per heavy atom. The van der Waals surface area contributed by atoms with Gasteiger partial charge >= 0.3 is 0 Å². The van der Waals surface area contributed by atoms with Crippen molar-refractivity contribution in [3.8, 4) is 0 Å². The maximum Gasteiger partial charge on any atom is 0.0615 e.